The van der Waals surface area contributed by atoms with Gasteiger partial charge in [0.1, 0.15) is 0 Å². The number of carbonyl (C=O) groups is 1. The first-order chi connectivity index (χ1) is 16.3. The Bertz CT molecular complexity index is 1150. The number of esters is 1. The fourth-order valence-corrected chi connectivity index (χ4v) is 5.45. The molecule has 0 bridgehead atoms. The molecule has 0 aliphatic carbocycles. The summed E-state index contributed by atoms with van der Waals surface area (Å²) in [6.07, 6.45) is -3.19. The maximum absolute atomic E-state index is 13.1. The van der Waals surface area contributed by atoms with Gasteiger partial charge in [-0.05, 0) is 42.7 Å². The van der Waals surface area contributed by atoms with Crippen LogP contribution in [0.3, 0.4) is 0 Å². The monoisotopic (exact) mass is 491 g/mol. The summed E-state index contributed by atoms with van der Waals surface area (Å²) >= 11 is 1.32. The van der Waals surface area contributed by atoms with E-state index in [1.165, 1.54) is 23.5 Å². The second-order valence-electron chi connectivity index (χ2n) is 8.47. The van der Waals surface area contributed by atoms with E-state index in [4.69, 9.17) is 4.74 Å². The number of alkyl halides is 3. The second-order valence-corrected chi connectivity index (χ2v) is 9.48. The Morgan fingerprint density at radius 1 is 1.15 bits per heavy atom. The summed E-state index contributed by atoms with van der Waals surface area (Å²) in [6, 6.07) is 12.0. The summed E-state index contributed by atoms with van der Waals surface area (Å²) in [5.74, 6) is -0.225. The first kappa shape index (κ1) is 24.5. The maximum atomic E-state index is 13.1. The lowest BCUT2D eigenvalue weighted by molar-refractivity contribution is -0.142. The summed E-state index contributed by atoms with van der Waals surface area (Å²) in [5, 5.41) is 0.775. The van der Waals surface area contributed by atoms with Crippen molar-refractivity contribution in [2.45, 2.75) is 45.5 Å². The third-order valence-corrected chi connectivity index (χ3v) is 7.09. The van der Waals surface area contributed by atoms with Crippen LogP contribution in [0.5, 0.6) is 0 Å². The fraction of sp³-hybridized carbons (Fsp3) is 0.440. The minimum absolute atomic E-state index is 0.221. The van der Waals surface area contributed by atoms with E-state index in [1.807, 2.05) is 12.1 Å². The molecule has 34 heavy (non-hydrogen) atoms. The highest BCUT2D eigenvalue weighted by Crippen LogP contribution is 2.36. The molecule has 2 heterocycles. The first-order valence-electron chi connectivity index (χ1n) is 11.5. The van der Waals surface area contributed by atoms with Crippen LogP contribution >= 0.6 is 11.3 Å². The third-order valence-electron chi connectivity index (χ3n) is 6.04. The number of hydrogen-bond donors (Lipinski definition) is 0. The summed E-state index contributed by atoms with van der Waals surface area (Å²) in [6.45, 7) is 7.48. The minimum atomic E-state index is -4.36. The molecule has 0 unspecified atom stereocenters. The Morgan fingerprint density at radius 2 is 1.94 bits per heavy atom. The molecule has 182 valence electrons. The lowest BCUT2D eigenvalue weighted by Gasteiger charge is -2.41. The van der Waals surface area contributed by atoms with E-state index < -0.39 is 11.7 Å². The van der Waals surface area contributed by atoms with Crippen LogP contribution in [0.15, 0.2) is 42.5 Å². The molecular formula is C25H28F3N3O2S. The number of hydrogen-bond acceptors (Lipinski definition) is 6. The highest BCUT2D eigenvalue weighted by atomic mass is 32.1. The van der Waals surface area contributed by atoms with Crippen LogP contribution in [-0.2, 0) is 28.7 Å². The van der Waals surface area contributed by atoms with Gasteiger partial charge in [0.05, 0.1) is 28.8 Å². The number of fused-ring (bicyclic) bond motifs is 1. The van der Waals surface area contributed by atoms with Gasteiger partial charge in [-0.2, -0.15) is 13.2 Å². The molecule has 1 saturated heterocycles. The number of halogens is 3. The number of aromatic nitrogens is 1. The molecular weight excluding hydrogens is 463 g/mol. The van der Waals surface area contributed by atoms with Crippen molar-refractivity contribution < 1.29 is 22.7 Å². The normalized spacial score (nSPS) is 17.3. The van der Waals surface area contributed by atoms with Gasteiger partial charge in [-0.25, -0.2) is 4.98 Å². The molecule has 0 spiro atoms. The maximum Gasteiger partial charge on any atom is 0.416 e. The van der Waals surface area contributed by atoms with Gasteiger partial charge in [0.2, 0.25) is 0 Å². The molecule has 0 saturated carbocycles. The zero-order valence-corrected chi connectivity index (χ0v) is 20.1. The van der Waals surface area contributed by atoms with Gasteiger partial charge in [0, 0.05) is 32.2 Å². The molecule has 1 aliphatic rings. The number of anilines is 1. The molecule has 0 radical (unpaired) electrons. The standard InChI is InChI=1S/C25H28F3N3O2S/c1-3-20-16-30(15-18-7-5-6-17(12-18)13-23(32)33-4-2)10-11-31(20)24-29-21-9-8-19(25(26,27)28)14-22(21)34-24/h5-9,12,14,20H,3-4,10-11,13,15-16H2,1-2H3/t20-/m0/s1. The van der Waals surface area contributed by atoms with Gasteiger partial charge in [-0.15, -0.1) is 0 Å². The van der Waals surface area contributed by atoms with Gasteiger partial charge < -0.3 is 9.64 Å². The van der Waals surface area contributed by atoms with E-state index in [0.717, 1.165) is 54.9 Å². The van der Waals surface area contributed by atoms with Crippen molar-refractivity contribution >= 4 is 32.7 Å². The van der Waals surface area contributed by atoms with Crippen LogP contribution in [0.1, 0.15) is 37.0 Å². The van der Waals surface area contributed by atoms with Crippen molar-refractivity contribution in [1.29, 1.82) is 0 Å². The number of carbonyl (C=O) groups excluding carboxylic acids is 1. The molecule has 9 heteroatoms. The predicted molar refractivity (Wildman–Crippen MR) is 128 cm³/mol. The zero-order chi connectivity index (χ0) is 24.3. The number of rotatable bonds is 7. The van der Waals surface area contributed by atoms with Gasteiger partial charge in [-0.3, -0.25) is 9.69 Å². The van der Waals surface area contributed by atoms with Crippen LogP contribution in [0.2, 0.25) is 0 Å². The number of piperazine rings is 1. The van der Waals surface area contributed by atoms with Crippen LogP contribution in [-0.4, -0.2) is 48.1 Å². The Labute approximate surface area is 201 Å². The summed E-state index contributed by atoms with van der Waals surface area (Å²) in [7, 11) is 0. The van der Waals surface area contributed by atoms with Gasteiger partial charge in [-0.1, -0.05) is 42.5 Å². The van der Waals surface area contributed by atoms with Crippen LogP contribution in [0, 0.1) is 0 Å². The van der Waals surface area contributed by atoms with Crippen molar-refractivity contribution in [3.63, 3.8) is 0 Å². The van der Waals surface area contributed by atoms with E-state index in [0.29, 0.717) is 16.8 Å². The van der Waals surface area contributed by atoms with E-state index in [9.17, 15) is 18.0 Å². The molecule has 5 nitrogen and oxygen atoms in total. The Kier molecular flexibility index (Phi) is 7.42. The van der Waals surface area contributed by atoms with Gasteiger partial charge >= 0.3 is 12.1 Å². The zero-order valence-electron chi connectivity index (χ0n) is 19.3. The van der Waals surface area contributed by atoms with Crippen molar-refractivity contribution in [3.05, 3.63) is 59.2 Å². The molecule has 1 atom stereocenters. The minimum Gasteiger partial charge on any atom is -0.466 e. The molecule has 1 aliphatic heterocycles. The van der Waals surface area contributed by atoms with Crippen molar-refractivity contribution in [2.24, 2.45) is 0 Å². The van der Waals surface area contributed by atoms with Gasteiger partial charge in [0.15, 0.2) is 5.13 Å². The van der Waals surface area contributed by atoms with E-state index >= 15 is 0 Å². The molecule has 4 rings (SSSR count). The molecule has 1 aromatic heterocycles. The quantitative estimate of drug-likeness (QED) is 0.407. The average Bonchev–Trinajstić information content (AvgIpc) is 3.22. The summed E-state index contributed by atoms with van der Waals surface area (Å²) in [4.78, 5) is 21.0. The highest BCUT2D eigenvalue weighted by Gasteiger charge is 2.32. The number of benzene rings is 2. The molecule has 3 aromatic rings. The van der Waals surface area contributed by atoms with Crippen LogP contribution < -0.4 is 4.90 Å². The van der Waals surface area contributed by atoms with Crippen molar-refractivity contribution in [1.82, 2.24) is 9.88 Å². The second kappa shape index (κ2) is 10.3. The lowest BCUT2D eigenvalue weighted by Crippen LogP contribution is -2.52. The third kappa shape index (κ3) is 5.70. The molecule has 0 N–H and O–H groups in total. The van der Waals surface area contributed by atoms with Crippen molar-refractivity contribution in [3.8, 4) is 0 Å². The Balaban J connectivity index is 1.44. The first-order valence-corrected chi connectivity index (χ1v) is 12.3. The predicted octanol–water partition coefficient (Wildman–Crippen LogP) is 5.52. The largest absolute Gasteiger partial charge is 0.466 e. The number of thiazole rings is 1. The molecule has 1 fully saturated rings. The number of nitrogens with zero attached hydrogens (tertiary/aromatic N) is 3. The topological polar surface area (TPSA) is 45.7 Å². The lowest BCUT2D eigenvalue weighted by atomic mass is 10.1. The summed E-state index contributed by atoms with van der Waals surface area (Å²) < 4.78 is 44.9. The number of ether oxygens (including phenoxy) is 1. The SMILES string of the molecule is CCOC(=O)Cc1cccc(CN2CCN(c3nc4ccc(C(F)(F)F)cc4s3)[C@@H](CC)C2)c1. The fourth-order valence-electron chi connectivity index (χ4n) is 4.35. The highest BCUT2D eigenvalue weighted by molar-refractivity contribution is 7.22. The smallest absolute Gasteiger partial charge is 0.416 e. The summed E-state index contributed by atoms with van der Waals surface area (Å²) in [5.41, 5.74) is 2.04. The Morgan fingerprint density at radius 3 is 2.68 bits per heavy atom. The van der Waals surface area contributed by atoms with E-state index in [1.54, 1.807) is 6.92 Å². The molecule has 2 aromatic carbocycles. The Hall–Kier alpha value is -2.65. The van der Waals surface area contributed by atoms with Crippen LogP contribution in [0.4, 0.5) is 18.3 Å². The van der Waals surface area contributed by atoms with Crippen LogP contribution in [0.25, 0.3) is 10.2 Å². The molecule has 0 amide bonds. The van der Waals surface area contributed by atoms with E-state index in [-0.39, 0.29) is 18.4 Å². The van der Waals surface area contributed by atoms with E-state index in [2.05, 4.69) is 33.8 Å². The van der Waals surface area contributed by atoms with Crippen molar-refractivity contribution in [2.75, 3.05) is 31.1 Å². The van der Waals surface area contributed by atoms with Gasteiger partial charge in [0.25, 0.3) is 0 Å². The average molecular weight is 492 g/mol.